The first-order valence-corrected chi connectivity index (χ1v) is 7.00. The first-order valence-electron chi connectivity index (χ1n) is 6.62. The average molecular weight is 310 g/mol. The molecule has 0 bridgehead atoms. The molecule has 1 N–H and O–H groups in total. The number of hydrogen-bond acceptors (Lipinski definition) is 1. The summed E-state index contributed by atoms with van der Waals surface area (Å²) in [5.74, 6) is -1.76. The highest BCUT2D eigenvalue weighted by Gasteiger charge is 2.45. The van der Waals surface area contributed by atoms with Crippen LogP contribution in [0.25, 0.3) is 0 Å². The Hall–Kier alpha value is -0.810. The molecule has 0 amide bonds. The van der Waals surface area contributed by atoms with E-state index >= 15 is 0 Å². The molecule has 1 aromatic rings. The second kappa shape index (κ2) is 6.31. The van der Waals surface area contributed by atoms with Gasteiger partial charge in [-0.2, -0.15) is 13.2 Å². The Kier molecular flexibility index (Phi) is 4.91. The van der Waals surface area contributed by atoms with Crippen LogP contribution in [-0.4, -0.2) is 12.2 Å². The molecule has 1 aliphatic rings. The summed E-state index contributed by atoms with van der Waals surface area (Å²) in [6.45, 7) is 0.219. The molecule has 1 aliphatic carbocycles. The molecule has 1 nitrogen and oxygen atoms in total. The van der Waals surface area contributed by atoms with Crippen molar-refractivity contribution in [1.82, 2.24) is 5.32 Å². The van der Waals surface area contributed by atoms with Crippen LogP contribution in [0.1, 0.15) is 31.2 Å². The Bertz CT molecular complexity index is 461. The van der Waals surface area contributed by atoms with Crippen molar-refractivity contribution in [3.8, 4) is 0 Å². The summed E-state index contributed by atoms with van der Waals surface area (Å²) in [4.78, 5) is 0. The van der Waals surface area contributed by atoms with Crippen LogP contribution in [0.3, 0.4) is 0 Å². The quantitative estimate of drug-likeness (QED) is 0.799. The van der Waals surface area contributed by atoms with Gasteiger partial charge in [-0.25, -0.2) is 4.39 Å². The van der Waals surface area contributed by atoms with E-state index < -0.39 is 24.0 Å². The Morgan fingerprint density at radius 2 is 1.90 bits per heavy atom. The van der Waals surface area contributed by atoms with Crippen LogP contribution in [0.2, 0.25) is 5.02 Å². The van der Waals surface area contributed by atoms with Crippen molar-refractivity contribution in [2.24, 2.45) is 5.92 Å². The van der Waals surface area contributed by atoms with E-state index in [0.717, 1.165) is 6.42 Å². The van der Waals surface area contributed by atoms with Crippen LogP contribution in [-0.2, 0) is 6.54 Å². The van der Waals surface area contributed by atoms with Crippen molar-refractivity contribution < 1.29 is 17.6 Å². The number of nitrogens with one attached hydrogen (secondary N) is 1. The van der Waals surface area contributed by atoms with Crippen molar-refractivity contribution in [1.29, 1.82) is 0 Å². The lowest BCUT2D eigenvalue weighted by Gasteiger charge is -2.33. The predicted octanol–water partition coefficient (Wildman–Crippen LogP) is 4.69. The third kappa shape index (κ3) is 3.85. The second-order valence-corrected chi connectivity index (χ2v) is 5.56. The average Bonchev–Trinajstić information content (AvgIpc) is 2.37. The molecule has 0 spiro atoms. The zero-order valence-electron chi connectivity index (χ0n) is 10.8. The lowest BCUT2D eigenvalue weighted by atomic mass is 9.84. The second-order valence-electron chi connectivity index (χ2n) is 5.16. The van der Waals surface area contributed by atoms with E-state index in [1.54, 1.807) is 0 Å². The molecule has 2 unspecified atom stereocenters. The molecule has 6 heteroatoms. The molecule has 112 valence electrons. The molecule has 0 heterocycles. The predicted molar refractivity (Wildman–Crippen MR) is 70.1 cm³/mol. The lowest BCUT2D eigenvalue weighted by molar-refractivity contribution is -0.189. The van der Waals surface area contributed by atoms with Gasteiger partial charge in [-0.1, -0.05) is 30.5 Å². The summed E-state index contributed by atoms with van der Waals surface area (Å²) in [6.07, 6.45) is -2.10. The van der Waals surface area contributed by atoms with E-state index in [4.69, 9.17) is 11.6 Å². The van der Waals surface area contributed by atoms with Crippen LogP contribution in [0.15, 0.2) is 18.2 Å². The Balaban J connectivity index is 2.01. The highest BCUT2D eigenvalue weighted by molar-refractivity contribution is 6.31. The van der Waals surface area contributed by atoms with E-state index in [0.29, 0.717) is 18.4 Å². The van der Waals surface area contributed by atoms with E-state index in [1.807, 2.05) is 0 Å². The minimum atomic E-state index is -4.18. The fourth-order valence-corrected chi connectivity index (χ4v) is 2.91. The van der Waals surface area contributed by atoms with Gasteiger partial charge in [-0.15, -0.1) is 0 Å². The van der Waals surface area contributed by atoms with Crippen LogP contribution in [0.5, 0.6) is 0 Å². The summed E-state index contributed by atoms with van der Waals surface area (Å²) in [5, 5.41) is 3.16. The maximum absolute atomic E-state index is 12.9. The van der Waals surface area contributed by atoms with Gasteiger partial charge in [0, 0.05) is 17.6 Å². The van der Waals surface area contributed by atoms with Gasteiger partial charge < -0.3 is 5.32 Å². The SMILES string of the molecule is Fc1ccc(CNC2CCCCC2C(F)(F)F)c(Cl)c1. The van der Waals surface area contributed by atoms with Crippen LogP contribution in [0, 0.1) is 11.7 Å². The van der Waals surface area contributed by atoms with Gasteiger partial charge >= 0.3 is 6.18 Å². The molecule has 2 atom stereocenters. The van der Waals surface area contributed by atoms with E-state index in [9.17, 15) is 17.6 Å². The topological polar surface area (TPSA) is 12.0 Å². The number of alkyl halides is 3. The lowest BCUT2D eigenvalue weighted by Crippen LogP contribution is -2.45. The minimum absolute atomic E-state index is 0.165. The number of rotatable bonds is 3. The van der Waals surface area contributed by atoms with Crippen molar-refractivity contribution in [3.63, 3.8) is 0 Å². The smallest absolute Gasteiger partial charge is 0.309 e. The monoisotopic (exact) mass is 309 g/mol. The number of halogens is 5. The van der Waals surface area contributed by atoms with Crippen LogP contribution in [0.4, 0.5) is 17.6 Å². The molecule has 0 radical (unpaired) electrons. The summed E-state index contributed by atoms with van der Waals surface area (Å²) >= 11 is 5.87. The normalized spacial score (nSPS) is 23.9. The number of hydrogen-bond donors (Lipinski definition) is 1. The zero-order valence-corrected chi connectivity index (χ0v) is 11.6. The third-order valence-electron chi connectivity index (χ3n) is 3.76. The highest BCUT2D eigenvalue weighted by atomic mass is 35.5. The van der Waals surface area contributed by atoms with Crippen molar-refractivity contribution >= 4 is 11.6 Å². The van der Waals surface area contributed by atoms with E-state index in [2.05, 4.69) is 5.32 Å². The standard InChI is InChI=1S/C14H16ClF4N/c15-12-7-10(16)6-5-9(12)8-20-13-4-2-1-3-11(13)14(17,18)19/h5-7,11,13,20H,1-4,8H2. The summed E-state index contributed by atoms with van der Waals surface area (Å²) in [5.41, 5.74) is 0.611. The minimum Gasteiger partial charge on any atom is -0.309 e. The molecule has 1 aromatic carbocycles. The van der Waals surface area contributed by atoms with E-state index in [-0.39, 0.29) is 18.0 Å². The Morgan fingerprint density at radius 1 is 1.20 bits per heavy atom. The molecular weight excluding hydrogens is 294 g/mol. The first-order chi connectivity index (χ1) is 9.38. The Morgan fingerprint density at radius 3 is 2.55 bits per heavy atom. The zero-order chi connectivity index (χ0) is 14.8. The van der Waals surface area contributed by atoms with E-state index in [1.165, 1.54) is 18.2 Å². The molecule has 20 heavy (non-hydrogen) atoms. The molecule has 1 saturated carbocycles. The maximum Gasteiger partial charge on any atom is 0.393 e. The van der Waals surface area contributed by atoms with Gasteiger partial charge in [0.15, 0.2) is 0 Å². The maximum atomic E-state index is 12.9. The largest absolute Gasteiger partial charge is 0.393 e. The van der Waals surface area contributed by atoms with Crippen molar-refractivity contribution in [3.05, 3.63) is 34.6 Å². The fraction of sp³-hybridized carbons (Fsp3) is 0.571. The van der Waals surface area contributed by atoms with Gasteiger partial charge in [-0.3, -0.25) is 0 Å². The molecule has 2 rings (SSSR count). The van der Waals surface area contributed by atoms with Crippen molar-refractivity contribution in [2.45, 2.75) is 44.4 Å². The van der Waals surface area contributed by atoms with Crippen LogP contribution >= 0.6 is 11.6 Å². The first kappa shape index (κ1) is 15.6. The van der Waals surface area contributed by atoms with Gasteiger partial charge in [0.25, 0.3) is 0 Å². The number of benzene rings is 1. The molecule has 0 aliphatic heterocycles. The van der Waals surface area contributed by atoms with Gasteiger partial charge in [0.05, 0.1) is 5.92 Å². The van der Waals surface area contributed by atoms with Gasteiger partial charge in [0.1, 0.15) is 5.82 Å². The summed E-state index contributed by atoms with van der Waals surface area (Å²) in [6, 6.07) is 3.33. The third-order valence-corrected chi connectivity index (χ3v) is 4.11. The summed E-state index contributed by atoms with van der Waals surface area (Å²) < 4.78 is 51.7. The highest BCUT2D eigenvalue weighted by Crippen LogP contribution is 2.37. The van der Waals surface area contributed by atoms with Crippen LogP contribution < -0.4 is 5.32 Å². The molecule has 1 fully saturated rings. The van der Waals surface area contributed by atoms with Gasteiger partial charge in [-0.05, 0) is 30.5 Å². The molecular formula is C14H16ClF4N. The fourth-order valence-electron chi connectivity index (χ4n) is 2.67. The van der Waals surface area contributed by atoms with Gasteiger partial charge in [0.2, 0.25) is 0 Å². The molecule has 0 saturated heterocycles. The van der Waals surface area contributed by atoms with Crippen molar-refractivity contribution in [2.75, 3.05) is 0 Å². The molecule has 0 aromatic heterocycles. The summed E-state index contributed by atoms with van der Waals surface area (Å²) in [7, 11) is 0. The Labute approximate surface area is 120 Å².